The second-order valence-corrected chi connectivity index (χ2v) is 9.66. The van der Waals surface area contributed by atoms with E-state index in [1.54, 1.807) is 18.0 Å². The van der Waals surface area contributed by atoms with Gasteiger partial charge in [-0.1, -0.05) is 6.92 Å². The molecule has 0 amide bonds. The maximum atomic E-state index is 5.54. The van der Waals surface area contributed by atoms with Crippen LogP contribution in [0.2, 0.25) is 0 Å². The van der Waals surface area contributed by atoms with E-state index in [-0.39, 0.29) is 0 Å². The molecule has 0 atom stereocenters. The van der Waals surface area contributed by atoms with Gasteiger partial charge in [-0.15, -0.1) is 0 Å². The van der Waals surface area contributed by atoms with Crippen LogP contribution < -0.4 is 10.6 Å². The summed E-state index contributed by atoms with van der Waals surface area (Å²) in [6, 6.07) is 4.27. The molecule has 194 valence electrons. The van der Waals surface area contributed by atoms with Crippen molar-refractivity contribution in [1.82, 2.24) is 29.7 Å². The molecule has 5 heterocycles. The zero-order chi connectivity index (χ0) is 26.0. The van der Waals surface area contributed by atoms with Gasteiger partial charge in [-0.05, 0) is 45.2 Å². The van der Waals surface area contributed by atoms with Gasteiger partial charge in [-0.2, -0.15) is 5.10 Å². The fourth-order valence-electron chi connectivity index (χ4n) is 4.45. The number of fused-ring (bicyclic) bond motifs is 1. The third kappa shape index (κ3) is 4.99. The van der Waals surface area contributed by atoms with Crippen LogP contribution in [0.25, 0.3) is 27.8 Å². The molecular formula is C27H34N8O2. The highest BCUT2D eigenvalue weighted by molar-refractivity contribution is 5.97. The van der Waals surface area contributed by atoms with E-state index in [2.05, 4.69) is 32.6 Å². The summed E-state index contributed by atoms with van der Waals surface area (Å²) in [5, 5.41) is 11.4. The molecule has 0 bridgehead atoms. The van der Waals surface area contributed by atoms with Crippen molar-refractivity contribution in [2.24, 2.45) is 0 Å². The number of anilines is 2. The molecule has 4 aromatic rings. The molecule has 0 aromatic carbocycles. The number of aromatic nitrogens is 6. The van der Waals surface area contributed by atoms with Crippen LogP contribution in [0.5, 0.6) is 0 Å². The van der Waals surface area contributed by atoms with Crippen LogP contribution in [0.4, 0.5) is 11.6 Å². The minimum Gasteiger partial charge on any atom is -0.381 e. The average molecular weight is 503 g/mol. The Hall–Kier alpha value is -3.63. The molecule has 10 heteroatoms. The van der Waals surface area contributed by atoms with Gasteiger partial charge in [0.15, 0.2) is 5.82 Å². The summed E-state index contributed by atoms with van der Waals surface area (Å²) in [5.41, 5.74) is 5.47. The van der Waals surface area contributed by atoms with E-state index >= 15 is 0 Å². The molecule has 4 aromatic heterocycles. The lowest BCUT2D eigenvalue weighted by molar-refractivity contribution is 0.0155. The maximum Gasteiger partial charge on any atom is 0.153 e. The highest BCUT2D eigenvalue weighted by atomic mass is 16.5. The van der Waals surface area contributed by atoms with E-state index in [0.29, 0.717) is 11.9 Å². The first-order valence-electron chi connectivity index (χ1n) is 12.7. The summed E-state index contributed by atoms with van der Waals surface area (Å²) in [7, 11) is 3.53. The van der Waals surface area contributed by atoms with E-state index < -0.39 is 5.60 Å². The Morgan fingerprint density at radius 2 is 1.86 bits per heavy atom. The number of nitrogens with one attached hydrogen (secondary N) is 2. The van der Waals surface area contributed by atoms with Gasteiger partial charge in [-0.3, -0.25) is 4.98 Å². The minimum atomic E-state index is -0.458. The monoisotopic (exact) mass is 502 g/mol. The maximum absolute atomic E-state index is 5.54. The van der Waals surface area contributed by atoms with Crippen LogP contribution in [-0.2, 0) is 21.5 Å². The van der Waals surface area contributed by atoms with Crippen LogP contribution in [-0.4, -0.2) is 63.1 Å². The highest BCUT2D eigenvalue weighted by Gasteiger charge is 2.22. The number of hydrogen-bond donors (Lipinski definition) is 2. The van der Waals surface area contributed by atoms with Crippen molar-refractivity contribution in [1.29, 1.82) is 0 Å². The number of pyridine rings is 2. The Bertz CT molecular complexity index is 1380. The zero-order valence-corrected chi connectivity index (χ0v) is 22.1. The quantitative estimate of drug-likeness (QED) is 0.363. The predicted molar refractivity (Wildman–Crippen MR) is 144 cm³/mol. The van der Waals surface area contributed by atoms with Crippen molar-refractivity contribution in [3.8, 4) is 16.8 Å². The molecule has 5 rings (SSSR count). The average Bonchev–Trinajstić information content (AvgIpc) is 3.43. The van der Waals surface area contributed by atoms with Crippen molar-refractivity contribution in [2.45, 2.75) is 51.7 Å². The minimum absolute atomic E-state index is 0.321. The van der Waals surface area contributed by atoms with Crippen LogP contribution in [0.1, 0.15) is 45.0 Å². The van der Waals surface area contributed by atoms with E-state index in [0.717, 1.165) is 77.5 Å². The van der Waals surface area contributed by atoms with Gasteiger partial charge in [0, 0.05) is 56.9 Å². The molecule has 0 spiro atoms. The number of methoxy groups -OCH3 is 1. The number of aryl methyl sites for hydroxylation is 1. The molecule has 1 fully saturated rings. The lowest BCUT2D eigenvalue weighted by atomic mass is 10.0. The smallest absolute Gasteiger partial charge is 0.153 e. The lowest BCUT2D eigenvalue weighted by Gasteiger charge is -2.24. The molecule has 0 radical (unpaired) electrons. The van der Waals surface area contributed by atoms with Gasteiger partial charge in [0.2, 0.25) is 0 Å². The largest absolute Gasteiger partial charge is 0.381 e. The second kappa shape index (κ2) is 10.4. The Morgan fingerprint density at radius 1 is 1.05 bits per heavy atom. The summed E-state index contributed by atoms with van der Waals surface area (Å²) < 4.78 is 12.9. The predicted octanol–water partition coefficient (Wildman–Crippen LogP) is 4.35. The number of ether oxygens (including phenoxy) is 2. The Labute approximate surface area is 216 Å². The lowest BCUT2D eigenvalue weighted by Crippen LogP contribution is -2.29. The topological polar surface area (TPSA) is 112 Å². The molecule has 0 unspecified atom stereocenters. The van der Waals surface area contributed by atoms with Gasteiger partial charge >= 0.3 is 0 Å². The van der Waals surface area contributed by atoms with Crippen LogP contribution >= 0.6 is 0 Å². The van der Waals surface area contributed by atoms with E-state index in [9.17, 15) is 0 Å². The summed E-state index contributed by atoms with van der Waals surface area (Å²) in [6.07, 6.45) is 10.1. The molecule has 0 saturated carbocycles. The first-order chi connectivity index (χ1) is 17.9. The summed E-state index contributed by atoms with van der Waals surface area (Å²) in [6.45, 7) is 7.60. The second-order valence-electron chi connectivity index (χ2n) is 9.66. The zero-order valence-electron chi connectivity index (χ0n) is 22.1. The van der Waals surface area contributed by atoms with Crippen LogP contribution in [0.3, 0.4) is 0 Å². The molecular weight excluding hydrogens is 468 g/mol. The molecule has 1 aliphatic heterocycles. The normalized spacial score (nSPS) is 14.7. The summed E-state index contributed by atoms with van der Waals surface area (Å²) in [4.78, 5) is 19.3. The molecule has 1 aliphatic rings. The molecule has 2 N–H and O–H groups in total. The number of rotatable bonds is 8. The third-order valence-electron chi connectivity index (χ3n) is 6.94. The Morgan fingerprint density at radius 3 is 2.54 bits per heavy atom. The van der Waals surface area contributed by atoms with Crippen LogP contribution in [0.15, 0.2) is 36.9 Å². The van der Waals surface area contributed by atoms with Crippen LogP contribution in [0, 0.1) is 0 Å². The van der Waals surface area contributed by atoms with E-state index in [4.69, 9.17) is 19.4 Å². The van der Waals surface area contributed by atoms with Gasteiger partial charge < -0.3 is 20.1 Å². The molecule has 37 heavy (non-hydrogen) atoms. The molecule has 0 aliphatic carbocycles. The number of hydrogen-bond acceptors (Lipinski definition) is 9. The van der Waals surface area contributed by atoms with Gasteiger partial charge in [0.1, 0.15) is 22.5 Å². The van der Waals surface area contributed by atoms with Crippen molar-refractivity contribution < 1.29 is 9.47 Å². The van der Waals surface area contributed by atoms with Crippen molar-refractivity contribution >= 4 is 22.7 Å². The first-order valence-corrected chi connectivity index (χ1v) is 12.7. The SMILES string of the molecule is CCc1nc2c(NC)ncc(-c3cnn(-c4ccc(C(C)(C)OC)nc4)c3)c2nc1NC1CCOCC1. The Kier molecular flexibility index (Phi) is 7.03. The number of nitrogens with zero attached hydrogens (tertiary/aromatic N) is 6. The van der Waals surface area contributed by atoms with E-state index in [1.807, 2.05) is 51.6 Å². The highest BCUT2D eigenvalue weighted by Crippen LogP contribution is 2.32. The van der Waals surface area contributed by atoms with Gasteiger partial charge in [0.25, 0.3) is 0 Å². The van der Waals surface area contributed by atoms with Crippen molar-refractivity contribution in [3.05, 3.63) is 48.3 Å². The molecule has 10 nitrogen and oxygen atoms in total. The fraction of sp³-hybridized carbons (Fsp3) is 0.444. The fourth-order valence-corrected chi connectivity index (χ4v) is 4.45. The summed E-state index contributed by atoms with van der Waals surface area (Å²) >= 11 is 0. The first kappa shape index (κ1) is 25.0. The van der Waals surface area contributed by atoms with Crippen molar-refractivity contribution in [3.63, 3.8) is 0 Å². The standard InChI is InChI=1S/C27H34N8O2/c1-6-21-25(32-18-9-11-37-12-10-18)34-23-20(15-30-26(28-4)24(23)33-21)17-13-31-35(16-17)19-7-8-22(29-14-19)27(2,3)36-5/h7-8,13-16,18H,6,9-12H2,1-5H3,(H,28,30)(H,32,34). The van der Waals surface area contributed by atoms with Crippen molar-refractivity contribution in [2.75, 3.05) is 38.0 Å². The van der Waals surface area contributed by atoms with E-state index in [1.165, 1.54) is 0 Å². The third-order valence-corrected chi connectivity index (χ3v) is 6.94. The van der Waals surface area contributed by atoms with Gasteiger partial charge in [0.05, 0.1) is 29.5 Å². The Balaban J connectivity index is 1.54. The molecule has 1 saturated heterocycles. The van der Waals surface area contributed by atoms with Gasteiger partial charge in [-0.25, -0.2) is 19.6 Å². The summed E-state index contributed by atoms with van der Waals surface area (Å²) in [5.74, 6) is 1.52.